The van der Waals surface area contributed by atoms with Crippen LogP contribution in [-0.2, 0) is 0 Å². The maximum atomic E-state index is 13.9. The molecule has 0 saturated carbocycles. The average Bonchev–Trinajstić information content (AvgIpc) is 3.23. The van der Waals surface area contributed by atoms with Gasteiger partial charge in [-0.25, -0.2) is 8.78 Å². The van der Waals surface area contributed by atoms with E-state index in [1.165, 1.54) is 18.2 Å². The van der Waals surface area contributed by atoms with Gasteiger partial charge in [-0.1, -0.05) is 12.1 Å². The Bertz CT molecular complexity index is 808. The number of para-hydroxylation sites is 2. The number of amides is 1. The average molecular weight is 346 g/mol. The van der Waals surface area contributed by atoms with E-state index >= 15 is 0 Å². The zero-order valence-corrected chi connectivity index (χ0v) is 13.3. The topological polar surface area (TPSA) is 50.8 Å². The number of nitrogens with zero attached hydrogens (tertiary/aromatic N) is 1. The van der Waals surface area contributed by atoms with Gasteiger partial charge in [0.15, 0.2) is 11.5 Å². The lowest BCUT2D eigenvalue weighted by atomic mass is 10.1. The number of carbonyl (C=O) groups excluding carboxylic acids is 1. The number of carbonyl (C=O) groups is 1. The van der Waals surface area contributed by atoms with Crippen LogP contribution in [0.15, 0.2) is 36.4 Å². The van der Waals surface area contributed by atoms with Crippen LogP contribution >= 0.6 is 0 Å². The molecule has 2 aromatic carbocycles. The van der Waals surface area contributed by atoms with E-state index in [4.69, 9.17) is 9.47 Å². The van der Waals surface area contributed by atoms with Gasteiger partial charge in [-0.15, -0.1) is 0 Å². The molecule has 0 radical (unpaired) electrons. The third-order valence-corrected chi connectivity index (χ3v) is 4.42. The Hall–Kier alpha value is -2.83. The summed E-state index contributed by atoms with van der Waals surface area (Å²) in [7, 11) is 0. The monoisotopic (exact) mass is 346 g/mol. The minimum absolute atomic E-state index is 0.0448. The Morgan fingerprint density at radius 2 is 1.88 bits per heavy atom. The van der Waals surface area contributed by atoms with Crippen molar-refractivity contribution in [1.29, 1.82) is 0 Å². The van der Waals surface area contributed by atoms with Gasteiger partial charge < -0.3 is 19.7 Å². The van der Waals surface area contributed by atoms with Crippen LogP contribution in [0.3, 0.4) is 0 Å². The SMILES string of the molecule is O=C(NC1CCN(c2c(F)cccc2F)C1)c1cccc2c1OCO2. The molecule has 2 heterocycles. The number of nitrogens with one attached hydrogen (secondary N) is 1. The molecule has 1 N–H and O–H groups in total. The first-order valence-electron chi connectivity index (χ1n) is 8.02. The van der Waals surface area contributed by atoms with Crippen molar-refractivity contribution in [2.75, 3.05) is 24.8 Å². The fourth-order valence-corrected chi connectivity index (χ4v) is 3.24. The van der Waals surface area contributed by atoms with Crippen LogP contribution in [0.2, 0.25) is 0 Å². The van der Waals surface area contributed by atoms with E-state index in [9.17, 15) is 13.6 Å². The van der Waals surface area contributed by atoms with Gasteiger partial charge in [-0.05, 0) is 30.7 Å². The lowest BCUT2D eigenvalue weighted by molar-refractivity contribution is 0.0935. The number of rotatable bonds is 3. The van der Waals surface area contributed by atoms with Crippen molar-refractivity contribution >= 4 is 11.6 Å². The molecule has 1 atom stereocenters. The molecule has 1 amide bonds. The van der Waals surface area contributed by atoms with Crippen molar-refractivity contribution in [3.05, 3.63) is 53.6 Å². The van der Waals surface area contributed by atoms with E-state index in [0.29, 0.717) is 36.6 Å². The second-order valence-electron chi connectivity index (χ2n) is 6.01. The molecule has 2 aliphatic heterocycles. The summed E-state index contributed by atoms with van der Waals surface area (Å²) < 4.78 is 38.4. The molecule has 0 aromatic heterocycles. The minimum atomic E-state index is -0.599. The predicted molar refractivity (Wildman–Crippen MR) is 87.0 cm³/mol. The highest BCUT2D eigenvalue weighted by atomic mass is 19.1. The van der Waals surface area contributed by atoms with Crippen molar-refractivity contribution in [3.8, 4) is 11.5 Å². The molecule has 4 rings (SSSR count). The van der Waals surface area contributed by atoms with E-state index in [2.05, 4.69) is 5.32 Å². The number of hydrogen-bond donors (Lipinski definition) is 1. The van der Waals surface area contributed by atoms with Crippen LogP contribution in [0, 0.1) is 11.6 Å². The number of fused-ring (bicyclic) bond motifs is 1. The number of ether oxygens (including phenoxy) is 2. The van der Waals surface area contributed by atoms with Gasteiger partial charge in [-0.2, -0.15) is 0 Å². The van der Waals surface area contributed by atoms with Crippen molar-refractivity contribution in [2.45, 2.75) is 12.5 Å². The molecule has 1 saturated heterocycles. The van der Waals surface area contributed by atoms with Crippen molar-refractivity contribution < 1.29 is 23.0 Å². The summed E-state index contributed by atoms with van der Waals surface area (Å²) >= 11 is 0. The van der Waals surface area contributed by atoms with Crippen molar-refractivity contribution in [3.63, 3.8) is 0 Å². The van der Waals surface area contributed by atoms with E-state index in [-0.39, 0.29) is 24.4 Å². The van der Waals surface area contributed by atoms with Crippen molar-refractivity contribution in [1.82, 2.24) is 5.32 Å². The third-order valence-electron chi connectivity index (χ3n) is 4.42. The third kappa shape index (κ3) is 2.86. The fourth-order valence-electron chi connectivity index (χ4n) is 3.24. The lowest BCUT2D eigenvalue weighted by Crippen LogP contribution is -2.37. The summed E-state index contributed by atoms with van der Waals surface area (Å²) in [5.74, 6) is -0.524. The Kier molecular flexibility index (Phi) is 3.91. The molecule has 130 valence electrons. The van der Waals surface area contributed by atoms with Gasteiger partial charge in [-0.3, -0.25) is 4.79 Å². The molecule has 2 aromatic rings. The highest BCUT2D eigenvalue weighted by Crippen LogP contribution is 2.35. The summed E-state index contributed by atoms with van der Waals surface area (Å²) in [6.07, 6.45) is 0.603. The molecule has 0 aliphatic carbocycles. The first-order valence-corrected chi connectivity index (χ1v) is 8.02. The number of anilines is 1. The van der Waals surface area contributed by atoms with Crippen LogP contribution in [0.4, 0.5) is 14.5 Å². The molecule has 5 nitrogen and oxygen atoms in total. The normalized spacial score (nSPS) is 18.5. The zero-order valence-electron chi connectivity index (χ0n) is 13.3. The molecule has 1 unspecified atom stereocenters. The van der Waals surface area contributed by atoms with Gasteiger partial charge in [0.25, 0.3) is 5.91 Å². The predicted octanol–water partition coefficient (Wildman–Crippen LogP) is 2.70. The Labute approximate surface area is 143 Å². The molecule has 0 bridgehead atoms. The van der Waals surface area contributed by atoms with Crippen molar-refractivity contribution in [2.24, 2.45) is 0 Å². The Morgan fingerprint density at radius 1 is 1.12 bits per heavy atom. The molecular formula is C18H16F2N2O3. The first kappa shape index (κ1) is 15.7. The number of benzene rings is 2. The largest absolute Gasteiger partial charge is 0.454 e. The summed E-state index contributed by atoms with van der Waals surface area (Å²) in [5.41, 5.74) is 0.349. The molecular weight excluding hydrogens is 330 g/mol. The summed E-state index contributed by atoms with van der Waals surface area (Å²) in [6, 6.07) is 8.71. The van der Waals surface area contributed by atoms with Gasteiger partial charge in [0.1, 0.15) is 17.3 Å². The molecule has 0 spiro atoms. The Balaban J connectivity index is 1.47. The van der Waals surface area contributed by atoms with Gasteiger partial charge in [0.2, 0.25) is 6.79 Å². The second kappa shape index (κ2) is 6.23. The molecule has 7 heteroatoms. The summed E-state index contributed by atoms with van der Waals surface area (Å²) in [4.78, 5) is 14.1. The van der Waals surface area contributed by atoms with E-state index in [1.807, 2.05) is 0 Å². The highest BCUT2D eigenvalue weighted by molar-refractivity contribution is 5.98. The number of halogens is 2. The fraction of sp³-hybridized carbons (Fsp3) is 0.278. The van der Waals surface area contributed by atoms with Gasteiger partial charge >= 0.3 is 0 Å². The molecule has 25 heavy (non-hydrogen) atoms. The second-order valence-corrected chi connectivity index (χ2v) is 6.01. The Morgan fingerprint density at radius 3 is 2.68 bits per heavy atom. The first-order chi connectivity index (χ1) is 12.1. The standard InChI is InChI=1S/C18H16F2N2O3/c19-13-4-2-5-14(20)16(13)22-8-7-11(9-22)21-18(23)12-3-1-6-15-17(12)25-10-24-15/h1-6,11H,7-10H2,(H,21,23). The van der Waals surface area contributed by atoms with Crippen LogP contribution < -0.4 is 19.7 Å². The quantitative estimate of drug-likeness (QED) is 0.928. The zero-order chi connectivity index (χ0) is 17.4. The van der Waals surface area contributed by atoms with Crippen LogP contribution in [0.1, 0.15) is 16.8 Å². The van der Waals surface area contributed by atoms with Gasteiger partial charge in [0.05, 0.1) is 5.56 Å². The lowest BCUT2D eigenvalue weighted by Gasteiger charge is -2.20. The van der Waals surface area contributed by atoms with E-state index < -0.39 is 11.6 Å². The van der Waals surface area contributed by atoms with E-state index in [0.717, 1.165) is 0 Å². The maximum absolute atomic E-state index is 13.9. The highest BCUT2D eigenvalue weighted by Gasteiger charge is 2.29. The maximum Gasteiger partial charge on any atom is 0.255 e. The van der Waals surface area contributed by atoms with E-state index in [1.54, 1.807) is 23.1 Å². The molecule has 1 fully saturated rings. The van der Waals surface area contributed by atoms with Crippen LogP contribution in [-0.4, -0.2) is 31.8 Å². The minimum Gasteiger partial charge on any atom is -0.454 e. The van der Waals surface area contributed by atoms with Crippen LogP contribution in [0.25, 0.3) is 0 Å². The van der Waals surface area contributed by atoms with Crippen LogP contribution in [0.5, 0.6) is 11.5 Å². The smallest absolute Gasteiger partial charge is 0.255 e. The number of hydrogen-bond acceptors (Lipinski definition) is 4. The van der Waals surface area contributed by atoms with Gasteiger partial charge in [0, 0.05) is 19.1 Å². The summed E-state index contributed by atoms with van der Waals surface area (Å²) in [6.45, 7) is 0.897. The molecule has 2 aliphatic rings. The summed E-state index contributed by atoms with van der Waals surface area (Å²) in [5, 5.41) is 2.90.